The lowest BCUT2D eigenvalue weighted by Gasteiger charge is -2.36. The molecule has 0 aromatic carbocycles. The number of nitrogens with zero attached hydrogens (tertiary/aromatic N) is 1. The molecule has 1 fully saturated rings. The SMILES string of the molecule is COCCC(NC(=O)N1CCC(C)(O)CC1)C(=O)O. The number of urea groups is 1. The van der Waals surface area contributed by atoms with Crippen LogP contribution in [-0.2, 0) is 9.53 Å². The molecule has 1 aliphatic heterocycles. The molecule has 1 heterocycles. The number of aliphatic hydroxyl groups is 1. The molecular formula is C12H22N2O5. The molecule has 110 valence electrons. The third-order valence-electron chi connectivity index (χ3n) is 3.33. The normalized spacial score (nSPS) is 19.8. The molecule has 7 heteroatoms. The summed E-state index contributed by atoms with van der Waals surface area (Å²) in [6, 6.07) is -1.35. The molecule has 1 aliphatic rings. The van der Waals surface area contributed by atoms with Gasteiger partial charge < -0.3 is 25.2 Å². The quantitative estimate of drug-likeness (QED) is 0.657. The number of carboxylic acid groups (broad SMARTS) is 1. The molecule has 1 saturated heterocycles. The summed E-state index contributed by atoms with van der Waals surface area (Å²) >= 11 is 0. The average Bonchev–Trinajstić information content (AvgIpc) is 2.33. The number of ether oxygens (including phenoxy) is 1. The summed E-state index contributed by atoms with van der Waals surface area (Å²) in [6.45, 7) is 2.86. The second kappa shape index (κ2) is 6.72. The Hall–Kier alpha value is -1.34. The van der Waals surface area contributed by atoms with Gasteiger partial charge in [-0.05, 0) is 19.8 Å². The van der Waals surface area contributed by atoms with Gasteiger partial charge in [-0.1, -0.05) is 0 Å². The fourth-order valence-corrected chi connectivity index (χ4v) is 1.92. The van der Waals surface area contributed by atoms with Crippen molar-refractivity contribution in [1.82, 2.24) is 10.2 Å². The fourth-order valence-electron chi connectivity index (χ4n) is 1.92. The van der Waals surface area contributed by atoms with Crippen LogP contribution in [0.3, 0.4) is 0 Å². The molecule has 3 N–H and O–H groups in total. The van der Waals surface area contributed by atoms with Crippen molar-refractivity contribution in [3.05, 3.63) is 0 Å². The number of amides is 2. The van der Waals surface area contributed by atoms with Crippen LogP contribution in [0.1, 0.15) is 26.2 Å². The van der Waals surface area contributed by atoms with Crippen molar-refractivity contribution < 1.29 is 24.5 Å². The van der Waals surface area contributed by atoms with Crippen molar-refractivity contribution in [1.29, 1.82) is 0 Å². The Morgan fingerprint density at radius 3 is 2.47 bits per heavy atom. The van der Waals surface area contributed by atoms with Gasteiger partial charge >= 0.3 is 12.0 Å². The number of carboxylic acids is 1. The van der Waals surface area contributed by atoms with E-state index in [4.69, 9.17) is 9.84 Å². The monoisotopic (exact) mass is 274 g/mol. The number of piperidine rings is 1. The van der Waals surface area contributed by atoms with Gasteiger partial charge in [0.05, 0.1) is 5.60 Å². The van der Waals surface area contributed by atoms with Crippen molar-refractivity contribution in [2.24, 2.45) is 0 Å². The standard InChI is InChI=1S/C12H22N2O5/c1-12(18)4-6-14(7-5-12)11(17)13-9(10(15)16)3-8-19-2/h9,18H,3-8H2,1-2H3,(H,13,17)(H,15,16). The number of hydrogen-bond acceptors (Lipinski definition) is 4. The van der Waals surface area contributed by atoms with Crippen LogP contribution < -0.4 is 5.32 Å². The minimum Gasteiger partial charge on any atom is -0.480 e. The lowest BCUT2D eigenvalue weighted by Crippen LogP contribution is -2.52. The van der Waals surface area contributed by atoms with Crippen LogP contribution in [0.2, 0.25) is 0 Å². The first-order valence-corrected chi connectivity index (χ1v) is 6.35. The van der Waals surface area contributed by atoms with Gasteiger partial charge in [0.2, 0.25) is 0 Å². The minimum absolute atomic E-state index is 0.225. The van der Waals surface area contributed by atoms with Crippen LogP contribution in [0.5, 0.6) is 0 Å². The smallest absolute Gasteiger partial charge is 0.326 e. The van der Waals surface area contributed by atoms with Gasteiger partial charge in [-0.2, -0.15) is 0 Å². The maximum atomic E-state index is 11.9. The van der Waals surface area contributed by atoms with E-state index in [1.807, 2.05) is 0 Å². The van der Waals surface area contributed by atoms with Gasteiger partial charge in [0, 0.05) is 33.2 Å². The molecule has 2 amide bonds. The van der Waals surface area contributed by atoms with Gasteiger partial charge in [-0.15, -0.1) is 0 Å². The van der Waals surface area contributed by atoms with E-state index < -0.39 is 23.6 Å². The molecular weight excluding hydrogens is 252 g/mol. The molecule has 0 aliphatic carbocycles. The first kappa shape index (κ1) is 15.7. The fraction of sp³-hybridized carbons (Fsp3) is 0.833. The molecule has 0 aromatic rings. The first-order valence-electron chi connectivity index (χ1n) is 6.35. The predicted octanol–water partition coefficient (Wildman–Crippen LogP) is 0.0325. The van der Waals surface area contributed by atoms with E-state index >= 15 is 0 Å². The maximum absolute atomic E-state index is 11.9. The van der Waals surface area contributed by atoms with Crippen molar-refractivity contribution >= 4 is 12.0 Å². The van der Waals surface area contributed by atoms with E-state index in [1.54, 1.807) is 6.92 Å². The third-order valence-corrected chi connectivity index (χ3v) is 3.33. The van der Waals surface area contributed by atoms with Crippen LogP contribution in [0.4, 0.5) is 4.79 Å². The highest BCUT2D eigenvalue weighted by Crippen LogP contribution is 2.21. The van der Waals surface area contributed by atoms with Gasteiger partial charge in [-0.3, -0.25) is 0 Å². The van der Waals surface area contributed by atoms with E-state index in [0.29, 0.717) is 25.9 Å². The molecule has 0 radical (unpaired) electrons. The predicted molar refractivity (Wildman–Crippen MR) is 67.9 cm³/mol. The molecule has 0 bridgehead atoms. The van der Waals surface area contributed by atoms with Gasteiger partial charge in [0.1, 0.15) is 6.04 Å². The summed E-state index contributed by atoms with van der Waals surface area (Å²) in [5.74, 6) is -1.07. The summed E-state index contributed by atoms with van der Waals surface area (Å²) in [4.78, 5) is 24.4. The van der Waals surface area contributed by atoms with Gasteiger partial charge in [-0.25, -0.2) is 9.59 Å². The highest BCUT2D eigenvalue weighted by Gasteiger charge is 2.31. The minimum atomic E-state index is -1.07. The number of carbonyl (C=O) groups is 2. The second-order valence-electron chi connectivity index (χ2n) is 5.11. The molecule has 1 atom stereocenters. The van der Waals surface area contributed by atoms with Crippen molar-refractivity contribution in [3.8, 4) is 0 Å². The van der Waals surface area contributed by atoms with E-state index in [2.05, 4.69) is 5.32 Å². The second-order valence-corrected chi connectivity index (χ2v) is 5.11. The Morgan fingerprint density at radius 2 is 2.00 bits per heavy atom. The Balaban J connectivity index is 2.46. The molecule has 7 nitrogen and oxygen atoms in total. The Bertz CT molecular complexity index is 322. The summed E-state index contributed by atoms with van der Waals surface area (Å²) < 4.78 is 4.82. The number of aliphatic carboxylic acids is 1. The molecule has 0 aromatic heterocycles. The zero-order valence-corrected chi connectivity index (χ0v) is 11.4. The van der Waals surface area contributed by atoms with E-state index in [1.165, 1.54) is 12.0 Å². The number of likely N-dealkylation sites (tertiary alicyclic amines) is 1. The molecule has 0 saturated carbocycles. The molecule has 1 unspecified atom stereocenters. The largest absolute Gasteiger partial charge is 0.480 e. The van der Waals surface area contributed by atoms with Crippen molar-refractivity contribution in [3.63, 3.8) is 0 Å². The highest BCUT2D eigenvalue weighted by molar-refractivity contribution is 5.82. The van der Waals surface area contributed by atoms with Gasteiger partial charge in [0.25, 0.3) is 0 Å². The Morgan fingerprint density at radius 1 is 1.42 bits per heavy atom. The summed E-state index contributed by atoms with van der Waals surface area (Å²) in [5.41, 5.74) is -0.737. The summed E-state index contributed by atoms with van der Waals surface area (Å²) in [7, 11) is 1.48. The third kappa shape index (κ3) is 5.04. The molecule has 1 rings (SSSR count). The summed E-state index contributed by atoms with van der Waals surface area (Å²) in [6.07, 6.45) is 1.22. The molecule has 19 heavy (non-hydrogen) atoms. The lowest BCUT2D eigenvalue weighted by atomic mass is 9.94. The topological polar surface area (TPSA) is 99.1 Å². The van der Waals surface area contributed by atoms with Crippen LogP contribution in [0, 0.1) is 0 Å². The first-order chi connectivity index (χ1) is 8.85. The van der Waals surface area contributed by atoms with Crippen molar-refractivity contribution in [2.75, 3.05) is 26.8 Å². The molecule has 0 spiro atoms. The maximum Gasteiger partial charge on any atom is 0.326 e. The van der Waals surface area contributed by atoms with E-state index in [9.17, 15) is 14.7 Å². The van der Waals surface area contributed by atoms with Crippen LogP contribution >= 0.6 is 0 Å². The van der Waals surface area contributed by atoms with Crippen LogP contribution in [0.15, 0.2) is 0 Å². The number of carbonyl (C=O) groups excluding carboxylic acids is 1. The van der Waals surface area contributed by atoms with Crippen LogP contribution in [0.25, 0.3) is 0 Å². The van der Waals surface area contributed by atoms with Crippen molar-refractivity contribution in [2.45, 2.75) is 37.8 Å². The number of hydrogen-bond donors (Lipinski definition) is 3. The number of methoxy groups -OCH3 is 1. The van der Waals surface area contributed by atoms with Crippen LogP contribution in [-0.4, -0.2) is 65.6 Å². The highest BCUT2D eigenvalue weighted by atomic mass is 16.5. The number of rotatable bonds is 5. The Kier molecular flexibility index (Phi) is 5.56. The summed E-state index contributed by atoms with van der Waals surface area (Å²) in [5, 5.41) is 21.3. The Labute approximate surface area is 112 Å². The van der Waals surface area contributed by atoms with E-state index in [-0.39, 0.29) is 13.0 Å². The number of nitrogens with one attached hydrogen (secondary N) is 1. The lowest BCUT2D eigenvalue weighted by molar-refractivity contribution is -0.139. The van der Waals surface area contributed by atoms with Gasteiger partial charge in [0.15, 0.2) is 0 Å². The zero-order valence-electron chi connectivity index (χ0n) is 11.4. The van der Waals surface area contributed by atoms with E-state index in [0.717, 1.165) is 0 Å². The average molecular weight is 274 g/mol. The zero-order chi connectivity index (χ0) is 14.5.